The van der Waals surface area contributed by atoms with E-state index >= 15 is 0 Å². The fraction of sp³-hybridized carbons (Fsp3) is 0.273. The first-order chi connectivity index (χ1) is 7.20. The average Bonchev–Trinajstić information content (AvgIpc) is 2.60. The molecular weight excluding hydrogens is 192 g/mol. The number of hydrogen-bond acceptors (Lipinski definition) is 3. The highest BCUT2D eigenvalue weighted by Crippen LogP contribution is 2.19. The Bertz CT molecular complexity index is 502. The van der Waals surface area contributed by atoms with Crippen molar-refractivity contribution in [2.45, 2.75) is 13.3 Å². The minimum absolute atomic E-state index is 0.231. The van der Waals surface area contributed by atoms with E-state index in [1.165, 1.54) is 0 Å². The molecule has 0 fully saturated rings. The molecule has 0 atom stereocenters. The Labute approximate surface area is 87.5 Å². The van der Waals surface area contributed by atoms with Crippen molar-refractivity contribution in [1.29, 1.82) is 0 Å². The Kier molecular flexibility index (Phi) is 2.41. The number of benzene rings is 1. The van der Waals surface area contributed by atoms with Crippen LogP contribution >= 0.6 is 0 Å². The van der Waals surface area contributed by atoms with E-state index < -0.39 is 0 Å². The van der Waals surface area contributed by atoms with Gasteiger partial charge >= 0.3 is 5.97 Å². The normalized spacial score (nSPS) is 10.5. The Balaban J connectivity index is 2.35. The number of aryl methyl sites for hydroxylation is 1. The molecule has 15 heavy (non-hydrogen) atoms. The third-order valence-electron chi connectivity index (χ3n) is 2.22. The number of carbonyl (C=O) groups is 1. The topological polar surface area (TPSA) is 44.1 Å². The van der Waals surface area contributed by atoms with Gasteiger partial charge in [0.05, 0.1) is 17.4 Å². The van der Waals surface area contributed by atoms with Gasteiger partial charge in [-0.3, -0.25) is 4.79 Å². The molecule has 0 radical (unpaired) electrons. The summed E-state index contributed by atoms with van der Waals surface area (Å²) in [6.07, 6.45) is 2.11. The number of hydrogen-bond donors (Lipinski definition) is 0. The van der Waals surface area contributed by atoms with Crippen molar-refractivity contribution in [2.75, 3.05) is 0 Å². The summed E-state index contributed by atoms with van der Waals surface area (Å²) in [5, 5.41) is 0. The smallest absolute Gasteiger partial charge is 0.310 e. The summed E-state index contributed by atoms with van der Waals surface area (Å²) in [6, 6.07) is 5.43. The highest BCUT2D eigenvalue weighted by atomic mass is 16.5. The van der Waals surface area contributed by atoms with Crippen molar-refractivity contribution >= 4 is 17.0 Å². The van der Waals surface area contributed by atoms with Crippen molar-refractivity contribution < 1.29 is 9.53 Å². The molecule has 1 heterocycles. The van der Waals surface area contributed by atoms with Gasteiger partial charge in [-0.25, -0.2) is 4.98 Å². The van der Waals surface area contributed by atoms with Crippen LogP contribution in [0.1, 0.15) is 13.3 Å². The number of ether oxygens (including phenoxy) is 1. The lowest BCUT2D eigenvalue weighted by molar-refractivity contribution is -0.134. The first kappa shape index (κ1) is 9.71. The summed E-state index contributed by atoms with van der Waals surface area (Å²) in [4.78, 5) is 15.3. The standard InChI is InChI=1S/C11H12N2O2/c1-3-11(14)15-8-4-5-10-9(6-8)12-7-13(10)2/h4-7H,3H2,1-2H3. The van der Waals surface area contributed by atoms with Crippen LogP contribution in [0.15, 0.2) is 24.5 Å². The molecule has 4 heteroatoms. The zero-order valence-corrected chi connectivity index (χ0v) is 8.73. The van der Waals surface area contributed by atoms with Crippen LogP contribution in [0.2, 0.25) is 0 Å². The number of fused-ring (bicyclic) bond motifs is 1. The van der Waals surface area contributed by atoms with Crippen LogP contribution < -0.4 is 4.74 Å². The summed E-state index contributed by atoms with van der Waals surface area (Å²) in [5.74, 6) is 0.318. The molecule has 0 saturated heterocycles. The summed E-state index contributed by atoms with van der Waals surface area (Å²) in [5.41, 5.74) is 1.85. The van der Waals surface area contributed by atoms with E-state index in [0.29, 0.717) is 12.2 Å². The van der Waals surface area contributed by atoms with Gasteiger partial charge in [-0.15, -0.1) is 0 Å². The largest absolute Gasteiger partial charge is 0.426 e. The predicted molar refractivity (Wildman–Crippen MR) is 56.6 cm³/mol. The van der Waals surface area contributed by atoms with Gasteiger partial charge in [-0.1, -0.05) is 6.92 Å². The molecule has 4 nitrogen and oxygen atoms in total. The minimum atomic E-state index is -0.231. The Morgan fingerprint density at radius 1 is 1.53 bits per heavy atom. The van der Waals surface area contributed by atoms with Crippen molar-refractivity contribution in [3.63, 3.8) is 0 Å². The van der Waals surface area contributed by atoms with Gasteiger partial charge < -0.3 is 9.30 Å². The summed E-state index contributed by atoms with van der Waals surface area (Å²) < 4.78 is 7.01. The molecule has 2 aromatic rings. The van der Waals surface area contributed by atoms with Gasteiger partial charge in [0, 0.05) is 19.5 Å². The summed E-state index contributed by atoms with van der Waals surface area (Å²) in [7, 11) is 1.92. The number of rotatable bonds is 2. The van der Waals surface area contributed by atoms with Gasteiger partial charge in [-0.2, -0.15) is 0 Å². The van der Waals surface area contributed by atoms with Gasteiger partial charge in [-0.05, 0) is 12.1 Å². The molecular formula is C11H12N2O2. The fourth-order valence-corrected chi connectivity index (χ4v) is 1.38. The lowest BCUT2D eigenvalue weighted by Crippen LogP contribution is -2.05. The number of esters is 1. The SMILES string of the molecule is CCC(=O)Oc1ccc2c(c1)ncn2C. The molecule has 0 amide bonds. The Morgan fingerprint density at radius 2 is 2.33 bits per heavy atom. The molecule has 0 unspecified atom stereocenters. The monoisotopic (exact) mass is 204 g/mol. The van der Waals surface area contributed by atoms with E-state index in [2.05, 4.69) is 4.98 Å². The quantitative estimate of drug-likeness (QED) is 0.554. The number of imidazole rings is 1. The fourth-order valence-electron chi connectivity index (χ4n) is 1.38. The lowest BCUT2D eigenvalue weighted by atomic mass is 10.3. The number of aromatic nitrogens is 2. The Morgan fingerprint density at radius 3 is 3.07 bits per heavy atom. The first-order valence-electron chi connectivity index (χ1n) is 4.82. The van der Waals surface area contributed by atoms with Crippen molar-refractivity contribution in [1.82, 2.24) is 9.55 Å². The van der Waals surface area contributed by atoms with E-state index in [9.17, 15) is 4.79 Å². The highest BCUT2D eigenvalue weighted by Gasteiger charge is 2.04. The average molecular weight is 204 g/mol. The van der Waals surface area contributed by atoms with Gasteiger partial charge in [0.15, 0.2) is 0 Å². The maximum Gasteiger partial charge on any atom is 0.310 e. The highest BCUT2D eigenvalue weighted by molar-refractivity contribution is 5.79. The van der Waals surface area contributed by atoms with Crippen LogP contribution in [0.4, 0.5) is 0 Å². The number of nitrogens with zero attached hydrogens (tertiary/aromatic N) is 2. The van der Waals surface area contributed by atoms with Gasteiger partial charge in [0.2, 0.25) is 0 Å². The van der Waals surface area contributed by atoms with Crippen LogP contribution in [0.5, 0.6) is 5.75 Å². The first-order valence-corrected chi connectivity index (χ1v) is 4.82. The molecule has 0 aliphatic heterocycles. The van der Waals surface area contributed by atoms with Gasteiger partial charge in [0.1, 0.15) is 5.75 Å². The van der Waals surface area contributed by atoms with E-state index in [4.69, 9.17) is 4.74 Å². The van der Waals surface area contributed by atoms with Crippen LogP contribution in [-0.2, 0) is 11.8 Å². The van der Waals surface area contributed by atoms with E-state index in [-0.39, 0.29) is 5.97 Å². The third kappa shape index (κ3) is 1.83. The lowest BCUT2D eigenvalue weighted by Gasteiger charge is -2.02. The van der Waals surface area contributed by atoms with E-state index in [0.717, 1.165) is 11.0 Å². The second-order valence-corrected chi connectivity index (χ2v) is 3.33. The number of carbonyl (C=O) groups excluding carboxylic acids is 1. The second-order valence-electron chi connectivity index (χ2n) is 3.33. The minimum Gasteiger partial charge on any atom is -0.426 e. The van der Waals surface area contributed by atoms with Crippen LogP contribution in [0.3, 0.4) is 0 Å². The molecule has 1 aromatic carbocycles. The second kappa shape index (κ2) is 3.73. The zero-order valence-electron chi connectivity index (χ0n) is 8.73. The maximum atomic E-state index is 11.1. The van der Waals surface area contributed by atoms with Crippen molar-refractivity contribution in [3.8, 4) is 5.75 Å². The van der Waals surface area contributed by atoms with E-state index in [1.807, 2.05) is 17.7 Å². The van der Waals surface area contributed by atoms with Crippen LogP contribution in [0, 0.1) is 0 Å². The third-order valence-corrected chi connectivity index (χ3v) is 2.22. The molecule has 2 rings (SSSR count). The molecule has 0 aliphatic rings. The van der Waals surface area contributed by atoms with Crippen LogP contribution in [0.25, 0.3) is 11.0 Å². The molecule has 0 saturated carbocycles. The van der Waals surface area contributed by atoms with Crippen molar-refractivity contribution in [3.05, 3.63) is 24.5 Å². The van der Waals surface area contributed by atoms with Gasteiger partial charge in [0.25, 0.3) is 0 Å². The Hall–Kier alpha value is -1.84. The molecule has 0 spiro atoms. The zero-order chi connectivity index (χ0) is 10.8. The molecule has 1 aromatic heterocycles. The summed E-state index contributed by atoms with van der Waals surface area (Å²) in [6.45, 7) is 1.77. The summed E-state index contributed by atoms with van der Waals surface area (Å²) >= 11 is 0. The molecule has 0 N–H and O–H groups in total. The predicted octanol–water partition coefficient (Wildman–Crippen LogP) is 1.89. The molecule has 0 aliphatic carbocycles. The molecule has 0 bridgehead atoms. The molecule has 78 valence electrons. The maximum absolute atomic E-state index is 11.1. The van der Waals surface area contributed by atoms with Crippen molar-refractivity contribution in [2.24, 2.45) is 7.05 Å². The van der Waals surface area contributed by atoms with E-state index in [1.54, 1.807) is 25.4 Å². The van der Waals surface area contributed by atoms with Crippen LogP contribution in [-0.4, -0.2) is 15.5 Å².